The lowest BCUT2D eigenvalue weighted by molar-refractivity contribution is 0.393. The summed E-state index contributed by atoms with van der Waals surface area (Å²) in [7, 11) is 4.06. The molecule has 0 radical (unpaired) electrons. The summed E-state index contributed by atoms with van der Waals surface area (Å²) in [6.45, 7) is 5.56. The smallest absolute Gasteiger partial charge is 0.191 e. The van der Waals surface area contributed by atoms with Crippen LogP contribution in [0.3, 0.4) is 0 Å². The number of hydrogen-bond donors (Lipinski definition) is 2. The minimum absolute atomic E-state index is 0. The second-order valence-electron chi connectivity index (χ2n) is 6.78. The Morgan fingerprint density at radius 1 is 1.17 bits per heavy atom. The molecule has 1 aromatic rings. The van der Waals surface area contributed by atoms with Crippen LogP contribution in [-0.2, 0) is 0 Å². The highest BCUT2D eigenvalue weighted by Gasteiger charge is 2.24. The molecule has 3 rings (SSSR count). The first-order valence-electron chi connectivity index (χ1n) is 8.70. The van der Waals surface area contributed by atoms with Crippen LogP contribution in [0.4, 0.5) is 5.69 Å². The van der Waals surface area contributed by atoms with Gasteiger partial charge in [-0.3, -0.25) is 4.99 Å². The van der Waals surface area contributed by atoms with Gasteiger partial charge in [0.15, 0.2) is 5.96 Å². The summed E-state index contributed by atoms with van der Waals surface area (Å²) in [4.78, 5) is 9.23. The van der Waals surface area contributed by atoms with Gasteiger partial charge in [0, 0.05) is 45.0 Å². The fraction of sp³-hybridized carbons (Fsp3) is 0.611. The molecule has 0 aromatic heterocycles. The molecule has 2 atom stereocenters. The standard InChI is InChI=1S/C18H29N5.HI/c1-19-18(20-12-15-8-10-22(2)13-15)21-16-9-11-23(14-16)17-6-4-3-5-7-17;/h3-7,15-16H,8-14H2,1-2H3,(H2,19,20,21);1H. The molecule has 24 heavy (non-hydrogen) atoms. The molecule has 2 N–H and O–H groups in total. The average molecular weight is 443 g/mol. The number of benzene rings is 1. The fourth-order valence-electron chi connectivity index (χ4n) is 3.57. The Kier molecular flexibility index (Phi) is 7.61. The molecule has 0 aliphatic carbocycles. The van der Waals surface area contributed by atoms with Crippen LogP contribution in [0.2, 0.25) is 0 Å². The molecule has 0 spiro atoms. The van der Waals surface area contributed by atoms with Gasteiger partial charge in [0.1, 0.15) is 0 Å². The van der Waals surface area contributed by atoms with Gasteiger partial charge in [-0.25, -0.2) is 0 Å². The maximum atomic E-state index is 4.39. The van der Waals surface area contributed by atoms with E-state index in [1.807, 2.05) is 7.05 Å². The third-order valence-electron chi connectivity index (χ3n) is 4.92. The molecule has 6 heteroatoms. The topological polar surface area (TPSA) is 42.9 Å². The van der Waals surface area contributed by atoms with Gasteiger partial charge in [-0.15, -0.1) is 24.0 Å². The van der Waals surface area contributed by atoms with Crippen molar-refractivity contribution in [1.29, 1.82) is 0 Å². The zero-order valence-corrected chi connectivity index (χ0v) is 17.1. The Balaban J connectivity index is 0.00000208. The van der Waals surface area contributed by atoms with Gasteiger partial charge in [-0.1, -0.05) is 18.2 Å². The SMILES string of the molecule is CN=C(NCC1CCN(C)C1)NC1CCN(c2ccccc2)C1.I. The Labute approximate surface area is 162 Å². The first-order chi connectivity index (χ1) is 11.2. The van der Waals surface area contributed by atoms with Crippen molar-refractivity contribution in [3.05, 3.63) is 30.3 Å². The zero-order chi connectivity index (χ0) is 16.1. The molecule has 2 aliphatic heterocycles. The van der Waals surface area contributed by atoms with Crippen LogP contribution in [0.5, 0.6) is 0 Å². The Morgan fingerprint density at radius 2 is 1.96 bits per heavy atom. The van der Waals surface area contributed by atoms with E-state index in [-0.39, 0.29) is 24.0 Å². The quantitative estimate of drug-likeness (QED) is 0.425. The minimum atomic E-state index is 0. The maximum Gasteiger partial charge on any atom is 0.191 e. The summed E-state index contributed by atoms with van der Waals surface area (Å²) < 4.78 is 0. The van der Waals surface area contributed by atoms with Gasteiger partial charge in [-0.2, -0.15) is 0 Å². The minimum Gasteiger partial charge on any atom is -0.369 e. The van der Waals surface area contributed by atoms with Crippen LogP contribution in [0.15, 0.2) is 35.3 Å². The zero-order valence-electron chi connectivity index (χ0n) is 14.7. The van der Waals surface area contributed by atoms with Crippen LogP contribution in [0.1, 0.15) is 12.8 Å². The van der Waals surface area contributed by atoms with Crippen molar-refractivity contribution in [2.75, 3.05) is 51.7 Å². The van der Waals surface area contributed by atoms with Gasteiger partial charge >= 0.3 is 0 Å². The lowest BCUT2D eigenvalue weighted by Gasteiger charge is -2.21. The predicted octanol–water partition coefficient (Wildman–Crippen LogP) is 2.00. The van der Waals surface area contributed by atoms with Crippen molar-refractivity contribution < 1.29 is 0 Å². The number of para-hydroxylation sites is 1. The highest BCUT2D eigenvalue weighted by Crippen LogP contribution is 2.19. The number of nitrogens with zero attached hydrogens (tertiary/aromatic N) is 3. The van der Waals surface area contributed by atoms with E-state index in [1.165, 1.54) is 25.2 Å². The molecule has 5 nitrogen and oxygen atoms in total. The number of halogens is 1. The van der Waals surface area contributed by atoms with Gasteiger partial charge in [0.05, 0.1) is 0 Å². The van der Waals surface area contributed by atoms with Crippen molar-refractivity contribution in [2.45, 2.75) is 18.9 Å². The number of anilines is 1. The summed E-state index contributed by atoms with van der Waals surface area (Å²) in [5, 5.41) is 7.09. The lowest BCUT2D eigenvalue weighted by Crippen LogP contribution is -2.46. The van der Waals surface area contributed by atoms with Crippen LogP contribution in [-0.4, -0.2) is 63.7 Å². The van der Waals surface area contributed by atoms with E-state index in [0.29, 0.717) is 6.04 Å². The van der Waals surface area contributed by atoms with E-state index in [2.05, 4.69) is 62.8 Å². The van der Waals surface area contributed by atoms with Crippen molar-refractivity contribution in [3.8, 4) is 0 Å². The Hall–Kier alpha value is -1.02. The van der Waals surface area contributed by atoms with Crippen LogP contribution in [0, 0.1) is 5.92 Å². The third-order valence-corrected chi connectivity index (χ3v) is 4.92. The summed E-state index contributed by atoms with van der Waals surface area (Å²) in [5.41, 5.74) is 1.31. The maximum absolute atomic E-state index is 4.39. The van der Waals surface area contributed by atoms with Crippen molar-refractivity contribution in [2.24, 2.45) is 10.9 Å². The number of likely N-dealkylation sites (tertiary alicyclic amines) is 1. The summed E-state index contributed by atoms with van der Waals surface area (Å²) in [5.74, 6) is 1.68. The number of aliphatic imine (C=N–C) groups is 1. The van der Waals surface area contributed by atoms with Crippen molar-refractivity contribution in [3.63, 3.8) is 0 Å². The van der Waals surface area contributed by atoms with E-state index in [9.17, 15) is 0 Å². The molecule has 0 bridgehead atoms. The van der Waals surface area contributed by atoms with Crippen molar-refractivity contribution in [1.82, 2.24) is 15.5 Å². The average Bonchev–Trinajstić information content (AvgIpc) is 3.21. The highest BCUT2D eigenvalue weighted by molar-refractivity contribution is 14.0. The van der Waals surface area contributed by atoms with Gasteiger partial charge in [0.2, 0.25) is 0 Å². The summed E-state index contributed by atoms with van der Waals surface area (Å²) in [6.07, 6.45) is 2.44. The first-order valence-corrected chi connectivity index (χ1v) is 8.70. The lowest BCUT2D eigenvalue weighted by atomic mass is 10.1. The fourth-order valence-corrected chi connectivity index (χ4v) is 3.57. The third kappa shape index (κ3) is 5.24. The summed E-state index contributed by atoms with van der Waals surface area (Å²) in [6, 6.07) is 11.1. The van der Waals surface area contributed by atoms with Crippen LogP contribution < -0.4 is 15.5 Å². The molecule has 2 fully saturated rings. The normalized spacial score (nSPS) is 24.8. The van der Waals surface area contributed by atoms with E-state index in [1.54, 1.807) is 0 Å². The van der Waals surface area contributed by atoms with Crippen LogP contribution >= 0.6 is 24.0 Å². The first kappa shape index (κ1) is 19.3. The molecule has 2 heterocycles. The number of guanidine groups is 1. The number of hydrogen-bond acceptors (Lipinski definition) is 3. The van der Waals surface area contributed by atoms with Gasteiger partial charge < -0.3 is 20.4 Å². The molecule has 0 saturated carbocycles. The van der Waals surface area contributed by atoms with Gasteiger partial charge in [0.25, 0.3) is 0 Å². The van der Waals surface area contributed by atoms with Gasteiger partial charge in [-0.05, 0) is 44.5 Å². The van der Waals surface area contributed by atoms with E-state index >= 15 is 0 Å². The Morgan fingerprint density at radius 3 is 2.62 bits per heavy atom. The predicted molar refractivity (Wildman–Crippen MR) is 113 cm³/mol. The molecule has 2 unspecified atom stereocenters. The van der Waals surface area contributed by atoms with E-state index in [0.717, 1.165) is 37.9 Å². The monoisotopic (exact) mass is 443 g/mol. The van der Waals surface area contributed by atoms with E-state index in [4.69, 9.17) is 0 Å². The molecule has 2 saturated heterocycles. The largest absolute Gasteiger partial charge is 0.369 e. The molecule has 1 aromatic carbocycles. The number of rotatable bonds is 4. The second-order valence-corrected chi connectivity index (χ2v) is 6.78. The number of nitrogens with one attached hydrogen (secondary N) is 2. The highest BCUT2D eigenvalue weighted by atomic mass is 127. The molecule has 134 valence electrons. The molecular formula is C18H30IN5. The van der Waals surface area contributed by atoms with E-state index < -0.39 is 0 Å². The van der Waals surface area contributed by atoms with Crippen LogP contribution in [0.25, 0.3) is 0 Å². The summed E-state index contributed by atoms with van der Waals surface area (Å²) >= 11 is 0. The molecular weight excluding hydrogens is 413 g/mol. The second kappa shape index (κ2) is 9.46. The van der Waals surface area contributed by atoms with Crippen molar-refractivity contribution >= 4 is 35.6 Å². The molecule has 0 amide bonds. The molecule has 2 aliphatic rings. The Bertz CT molecular complexity index is 521.